The molecular weight excluding hydrogens is 302 g/mol. The number of benzene rings is 2. The van der Waals surface area contributed by atoms with Crippen molar-refractivity contribution in [3.8, 4) is 5.75 Å². The first-order valence-electron chi connectivity index (χ1n) is 7.77. The Morgan fingerprint density at radius 1 is 0.875 bits per heavy atom. The van der Waals surface area contributed by atoms with E-state index in [1.807, 2.05) is 44.2 Å². The summed E-state index contributed by atoms with van der Waals surface area (Å²) in [7, 11) is 0. The molecule has 122 valence electrons. The van der Waals surface area contributed by atoms with Gasteiger partial charge in [-0.15, -0.1) is 0 Å². The predicted molar refractivity (Wildman–Crippen MR) is 95.1 cm³/mol. The number of nitrogens with zero attached hydrogens (tertiary/aromatic N) is 3. The van der Waals surface area contributed by atoms with Crippen LogP contribution in [0, 0.1) is 6.92 Å². The summed E-state index contributed by atoms with van der Waals surface area (Å²) in [5, 5.41) is 15.9. The Morgan fingerprint density at radius 3 is 2.08 bits per heavy atom. The number of aryl methyl sites for hydroxylation is 2. The van der Waals surface area contributed by atoms with E-state index in [9.17, 15) is 5.11 Å². The highest BCUT2D eigenvalue weighted by molar-refractivity contribution is 5.59. The van der Waals surface area contributed by atoms with Gasteiger partial charge in [-0.05, 0) is 36.8 Å². The first-order valence-corrected chi connectivity index (χ1v) is 7.77. The minimum absolute atomic E-state index is 0.183. The van der Waals surface area contributed by atoms with Gasteiger partial charge < -0.3 is 15.7 Å². The van der Waals surface area contributed by atoms with Crippen molar-refractivity contribution in [1.82, 2.24) is 15.0 Å². The zero-order valence-corrected chi connectivity index (χ0v) is 13.6. The molecule has 0 aliphatic rings. The second kappa shape index (κ2) is 6.95. The first kappa shape index (κ1) is 15.7. The summed E-state index contributed by atoms with van der Waals surface area (Å²) < 4.78 is 0. The molecule has 24 heavy (non-hydrogen) atoms. The zero-order valence-electron chi connectivity index (χ0n) is 13.6. The van der Waals surface area contributed by atoms with Gasteiger partial charge >= 0.3 is 0 Å². The number of rotatable bonds is 5. The van der Waals surface area contributed by atoms with Gasteiger partial charge in [0.2, 0.25) is 11.9 Å². The number of aromatic nitrogens is 3. The molecule has 0 amide bonds. The Balaban J connectivity index is 1.87. The maximum Gasteiger partial charge on any atom is 0.232 e. The largest absolute Gasteiger partial charge is 0.508 e. The van der Waals surface area contributed by atoms with Crippen LogP contribution in [0.1, 0.15) is 18.3 Å². The molecule has 3 rings (SSSR count). The molecule has 0 fully saturated rings. The molecule has 0 bridgehead atoms. The number of phenols is 1. The van der Waals surface area contributed by atoms with Crippen molar-refractivity contribution in [3.63, 3.8) is 0 Å². The fourth-order valence-corrected chi connectivity index (χ4v) is 2.25. The fraction of sp³-hybridized carbons (Fsp3) is 0.167. The number of anilines is 4. The smallest absolute Gasteiger partial charge is 0.232 e. The van der Waals surface area contributed by atoms with Crippen LogP contribution in [-0.2, 0) is 6.42 Å². The Labute approximate surface area is 140 Å². The maximum absolute atomic E-state index is 9.56. The molecule has 0 unspecified atom stereocenters. The lowest BCUT2D eigenvalue weighted by molar-refractivity contribution is 0.475. The van der Waals surface area contributed by atoms with Crippen molar-refractivity contribution < 1.29 is 5.11 Å². The summed E-state index contributed by atoms with van der Waals surface area (Å²) in [6, 6.07) is 14.8. The van der Waals surface area contributed by atoms with Gasteiger partial charge in [-0.3, -0.25) is 0 Å². The van der Waals surface area contributed by atoms with Crippen LogP contribution in [0.5, 0.6) is 5.75 Å². The second-order valence-electron chi connectivity index (χ2n) is 5.42. The fourth-order valence-electron chi connectivity index (χ4n) is 2.25. The molecule has 6 nitrogen and oxygen atoms in total. The monoisotopic (exact) mass is 321 g/mol. The SMILES string of the molecule is CCc1nc(Nc2cccc(C)c2)nc(Nc2cccc(O)c2)n1. The third kappa shape index (κ3) is 3.98. The normalized spacial score (nSPS) is 10.4. The Kier molecular flexibility index (Phi) is 4.56. The molecule has 0 saturated carbocycles. The molecule has 3 N–H and O–H groups in total. The van der Waals surface area contributed by atoms with Crippen molar-refractivity contribution in [1.29, 1.82) is 0 Å². The van der Waals surface area contributed by atoms with E-state index in [4.69, 9.17) is 0 Å². The number of hydrogen-bond acceptors (Lipinski definition) is 6. The summed E-state index contributed by atoms with van der Waals surface area (Å²) in [5.41, 5.74) is 2.79. The third-order valence-electron chi connectivity index (χ3n) is 3.37. The van der Waals surface area contributed by atoms with E-state index in [-0.39, 0.29) is 5.75 Å². The van der Waals surface area contributed by atoms with Crippen LogP contribution < -0.4 is 10.6 Å². The zero-order chi connectivity index (χ0) is 16.9. The van der Waals surface area contributed by atoms with Gasteiger partial charge in [-0.2, -0.15) is 15.0 Å². The van der Waals surface area contributed by atoms with Gasteiger partial charge in [0.15, 0.2) is 0 Å². The van der Waals surface area contributed by atoms with E-state index >= 15 is 0 Å². The van der Waals surface area contributed by atoms with Gasteiger partial charge in [0.1, 0.15) is 11.6 Å². The molecule has 0 aliphatic heterocycles. The molecule has 0 atom stereocenters. The summed E-state index contributed by atoms with van der Waals surface area (Å²) in [6.07, 6.45) is 0.694. The maximum atomic E-state index is 9.56. The van der Waals surface area contributed by atoms with E-state index in [0.717, 1.165) is 11.3 Å². The van der Waals surface area contributed by atoms with Crippen LogP contribution in [-0.4, -0.2) is 20.1 Å². The molecule has 1 aromatic heterocycles. The standard InChI is InChI=1S/C18H19N5O/c1-3-16-21-17(19-13-7-4-6-12(2)10-13)23-18(22-16)20-14-8-5-9-15(24)11-14/h4-11,24H,3H2,1-2H3,(H2,19,20,21,22,23). The number of nitrogens with one attached hydrogen (secondary N) is 2. The minimum Gasteiger partial charge on any atom is -0.508 e. The summed E-state index contributed by atoms with van der Waals surface area (Å²) in [6.45, 7) is 4.02. The van der Waals surface area contributed by atoms with Gasteiger partial charge in [0, 0.05) is 23.9 Å². The average Bonchev–Trinajstić information content (AvgIpc) is 2.54. The van der Waals surface area contributed by atoms with Crippen LogP contribution >= 0.6 is 0 Å². The number of phenolic OH excluding ortho intramolecular Hbond substituents is 1. The highest BCUT2D eigenvalue weighted by Gasteiger charge is 2.07. The number of aromatic hydroxyl groups is 1. The van der Waals surface area contributed by atoms with Gasteiger partial charge in [-0.25, -0.2) is 0 Å². The van der Waals surface area contributed by atoms with E-state index in [0.29, 0.717) is 29.8 Å². The van der Waals surface area contributed by atoms with Crippen molar-refractivity contribution in [3.05, 3.63) is 59.9 Å². The van der Waals surface area contributed by atoms with Crippen LogP contribution in [0.2, 0.25) is 0 Å². The van der Waals surface area contributed by atoms with Gasteiger partial charge in [0.25, 0.3) is 0 Å². The topological polar surface area (TPSA) is 83.0 Å². The van der Waals surface area contributed by atoms with Gasteiger partial charge in [-0.1, -0.05) is 25.1 Å². The molecule has 0 saturated heterocycles. The van der Waals surface area contributed by atoms with Crippen LogP contribution in [0.4, 0.5) is 23.3 Å². The second-order valence-corrected chi connectivity index (χ2v) is 5.42. The molecule has 0 aliphatic carbocycles. The van der Waals surface area contributed by atoms with E-state index in [1.54, 1.807) is 18.2 Å². The lowest BCUT2D eigenvalue weighted by Crippen LogP contribution is -2.07. The van der Waals surface area contributed by atoms with E-state index in [2.05, 4.69) is 25.6 Å². The molecule has 6 heteroatoms. The molecule has 0 radical (unpaired) electrons. The minimum atomic E-state index is 0.183. The highest BCUT2D eigenvalue weighted by atomic mass is 16.3. The van der Waals surface area contributed by atoms with Crippen LogP contribution in [0.3, 0.4) is 0 Å². The van der Waals surface area contributed by atoms with Crippen molar-refractivity contribution in [2.75, 3.05) is 10.6 Å². The first-order chi connectivity index (χ1) is 11.6. The van der Waals surface area contributed by atoms with Crippen molar-refractivity contribution >= 4 is 23.3 Å². The average molecular weight is 321 g/mol. The van der Waals surface area contributed by atoms with E-state index < -0.39 is 0 Å². The molecular formula is C18H19N5O. The summed E-state index contributed by atoms with van der Waals surface area (Å²) >= 11 is 0. The Hall–Kier alpha value is -3.15. The predicted octanol–water partition coefficient (Wildman–Crippen LogP) is 3.94. The van der Waals surface area contributed by atoms with Crippen LogP contribution in [0.25, 0.3) is 0 Å². The van der Waals surface area contributed by atoms with Crippen LogP contribution in [0.15, 0.2) is 48.5 Å². The lowest BCUT2D eigenvalue weighted by Gasteiger charge is -2.10. The molecule has 1 heterocycles. The van der Waals surface area contributed by atoms with Crippen molar-refractivity contribution in [2.45, 2.75) is 20.3 Å². The molecule has 0 spiro atoms. The lowest BCUT2D eigenvalue weighted by atomic mass is 10.2. The highest BCUT2D eigenvalue weighted by Crippen LogP contribution is 2.20. The Bertz CT molecular complexity index is 785. The number of hydrogen-bond donors (Lipinski definition) is 3. The molecule has 3 aromatic rings. The van der Waals surface area contributed by atoms with E-state index in [1.165, 1.54) is 0 Å². The quantitative estimate of drug-likeness (QED) is 0.660. The molecule has 2 aromatic carbocycles. The van der Waals surface area contributed by atoms with Crippen molar-refractivity contribution in [2.24, 2.45) is 0 Å². The summed E-state index contributed by atoms with van der Waals surface area (Å²) in [5.74, 6) is 1.78. The third-order valence-corrected chi connectivity index (χ3v) is 3.37. The summed E-state index contributed by atoms with van der Waals surface area (Å²) in [4.78, 5) is 13.2. The van der Waals surface area contributed by atoms with Gasteiger partial charge in [0.05, 0.1) is 0 Å². The Morgan fingerprint density at radius 2 is 1.50 bits per heavy atom.